The monoisotopic (exact) mass is 206 g/mol. The van der Waals surface area contributed by atoms with Crippen LogP contribution in [-0.4, -0.2) is 30.9 Å². The number of carbonyl (C=O) groups is 1. The fourth-order valence-corrected chi connectivity index (χ4v) is 1.43. The number of nitrogens with two attached hydrogens (primary N) is 1. The van der Waals surface area contributed by atoms with Crippen LogP contribution in [0.1, 0.15) is 22.3 Å². The maximum absolute atomic E-state index is 11.9. The van der Waals surface area contributed by atoms with Crippen molar-refractivity contribution in [3.05, 3.63) is 35.4 Å². The van der Waals surface area contributed by atoms with Crippen molar-refractivity contribution in [1.29, 1.82) is 0 Å². The molecule has 1 rings (SSSR count). The molecule has 2 N–H and O–H groups in total. The van der Waals surface area contributed by atoms with E-state index in [-0.39, 0.29) is 5.91 Å². The van der Waals surface area contributed by atoms with Crippen LogP contribution in [0.3, 0.4) is 0 Å². The molecule has 0 saturated carbocycles. The summed E-state index contributed by atoms with van der Waals surface area (Å²) < 4.78 is 0. The first-order valence-corrected chi connectivity index (χ1v) is 5.17. The Labute approximate surface area is 90.9 Å². The maximum Gasteiger partial charge on any atom is 0.253 e. The average Bonchev–Trinajstić information content (AvgIpc) is 2.24. The molecule has 0 spiro atoms. The predicted octanol–water partition coefficient (Wildman–Crippen LogP) is 1.42. The van der Waals surface area contributed by atoms with Crippen molar-refractivity contribution in [2.24, 2.45) is 5.73 Å². The second-order valence-electron chi connectivity index (χ2n) is 3.74. The van der Waals surface area contributed by atoms with E-state index in [2.05, 4.69) is 0 Å². The summed E-state index contributed by atoms with van der Waals surface area (Å²) in [5, 5.41) is 0. The molecular weight excluding hydrogens is 188 g/mol. The van der Waals surface area contributed by atoms with Crippen molar-refractivity contribution in [2.45, 2.75) is 13.3 Å². The molecule has 1 aromatic carbocycles. The van der Waals surface area contributed by atoms with Crippen LogP contribution < -0.4 is 5.73 Å². The Bertz CT molecular complexity index is 336. The van der Waals surface area contributed by atoms with Gasteiger partial charge in [0.25, 0.3) is 5.91 Å². The van der Waals surface area contributed by atoms with Crippen LogP contribution >= 0.6 is 0 Å². The first kappa shape index (κ1) is 11.7. The average molecular weight is 206 g/mol. The van der Waals surface area contributed by atoms with Gasteiger partial charge in [0.05, 0.1) is 0 Å². The molecule has 1 amide bonds. The Balaban J connectivity index is 2.67. The zero-order chi connectivity index (χ0) is 11.3. The number of rotatable bonds is 4. The van der Waals surface area contributed by atoms with E-state index >= 15 is 0 Å². The normalized spacial score (nSPS) is 10.1. The van der Waals surface area contributed by atoms with Crippen LogP contribution in [0.25, 0.3) is 0 Å². The zero-order valence-corrected chi connectivity index (χ0v) is 9.36. The molecule has 0 radical (unpaired) electrons. The summed E-state index contributed by atoms with van der Waals surface area (Å²) in [6, 6.07) is 7.63. The molecule has 1 aromatic rings. The molecular formula is C12H18N2O. The molecule has 0 heterocycles. The minimum absolute atomic E-state index is 0.0622. The van der Waals surface area contributed by atoms with E-state index < -0.39 is 0 Å². The van der Waals surface area contributed by atoms with Crippen molar-refractivity contribution < 1.29 is 4.79 Å². The molecule has 0 fully saturated rings. The number of amides is 1. The molecule has 0 aliphatic rings. The summed E-state index contributed by atoms with van der Waals surface area (Å²) in [7, 11) is 1.81. The van der Waals surface area contributed by atoms with Gasteiger partial charge in [-0.05, 0) is 32.0 Å². The van der Waals surface area contributed by atoms with Crippen LogP contribution in [0.4, 0.5) is 0 Å². The molecule has 0 aliphatic heterocycles. The smallest absolute Gasteiger partial charge is 0.253 e. The minimum Gasteiger partial charge on any atom is -0.342 e. The minimum atomic E-state index is 0.0622. The lowest BCUT2D eigenvalue weighted by Crippen LogP contribution is -2.28. The highest BCUT2D eigenvalue weighted by atomic mass is 16.2. The lowest BCUT2D eigenvalue weighted by molar-refractivity contribution is 0.0794. The van der Waals surface area contributed by atoms with Crippen molar-refractivity contribution in [3.63, 3.8) is 0 Å². The summed E-state index contributed by atoms with van der Waals surface area (Å²) in [4.78, 5) is 13.6. The number of hydrogen-bond acceptors (Lipinski definition) is 2. The third-order valence-corrected chi connectivity index (χ3v) is 2.31. The Morgan fingerprint density at radius 3 is 2.80 bits per heavy atom. The van der Waals surface area contributed by atoms with Crippen LogP contribution in [0.15, 0.2) is 24.3 Å². The lowest BCUT2D eigenvalue weighted by Gasteiger charge is -2.16. The van der Waals surface area contributed by atoms with E-state index in [1.807, 2.05) is 31.2 Å². The number of benzene rings is 1. The van der Waals surface area contributed by atoms with Crippen LogP contribution in [0.5, 0.6) is 0 Å². The fourth-order valence-electron chi connectivity index (χ4n) is 1.43. The number of carbonyl (C=O) groups excluding carboxylic acids is 1. The van der Waals surface area contributed by atoms with Gasteiger partial charge in [-0.1, -0.05) is 17.7 Å². The van der Waals surface area contributed by atoms with Gasteiger partial charge >= 0.3 is 0 Å². The summed E-state index contributed by atoms with van der Waals surface area (Å²) in [6.07, 6.45) is 0.841. The standard InChI is InChI=1S/C12H18N2O/c1-10-5-3-6-11(9-10)12(15)14(2)8-4-7-13/h3,5-6,9H,4,7-8,13H2,1-2H3. The number of hydrogen-bond donors (Lipinski definition) is 1. The molecule has 82 valence electrons. The van der Waals surface area contributed by atoms with Gasteiger partial charge in [0.15, 0.2) is 0 Å². The third kappa shape index (κ3) is 3.36. The molecule has 0 saturated heterocycles. The SMILES string of the molecule is Cc1cccc(C(=O)N(C)CCCN)c1. The van der Waals surface area contributed by atoms with E-state index in [0.717, 1.165) is 17.5 Å². The van der Waals surface area contributed by atoms with E-state index in [0.29, 0.717) is 13.1 Å². The molecule has 0 unspecified atom stereocenters. The summed E-state index contributed by atoms with van der Waals surface area (Å²) in [5.74, 6) is 0.0622. The van der Waals surface area contributed by atoms with Crippen molar-refractivity contribution >= 4 is 5.91 Å². The van der Waals surface area contributed by atoms with Crippen molar-refractivity contribution in [1.82, 2.24) is 4.90 Å². The molecule has 3 nitrogen and oxygen atoms in total. The van der Waals surface area contributed by atoms with E-state index in [1.54, 1.807) is 11.9 Å². The first-order valence-electron chi connectivity index (χ1n) is 5.17. The van der Waals surface area contributed by atoms with Crippen LogP contribution in [0.2, 0.25) is 0 Å². The van der Waals surface area contributed by atoms with E-state index in [9.17, 15) is 4.79 Å². The quantitative estimate of drug-likeness (QED) is 0.809. The second kappa shape index (κ2) is 5.51. The lowest BCUT2D eigenvalue weighted by atomic mass is 10.1. The Kier molecular flexibility index (Phi) is 4.31. The zero-order valence-electron chi connectivity index (χ0n) is 9.36. The van der Waals surface area contributed by atoms with Crippen LogP contribution in [0, 0.1) is 6.92 Å². The first-order chi connectivity index (χ1) is 7.15. The third-order valence-electron chi connectivity index (χ3n) is 2.31. The van der Waals surface area contributed by atoms with E-state index in [4.69, 9.17) is 5.73 Å². The largest absolute Gasteiger partial charge is 0.342 e. The van der Waals surface area contributed by atoms with Gasteiger partial charge in [0.2, 0.25) is 0 Å². The van der Waals surface area contributed by atoms with Gasteiger partial charge in [-0.2, -0.15) is 0 Å². The summed E-state index contributed by atoms with van der Waals surface area (Å²) in [5.41, 5.74) is 7.25. The summed E-state index contributed by atoms with van der Waals surface area (Å²) in [6.45, 7) is 3.31. The second-order valence-corrected chi connectivity index (χ2v) is 3.74. The molecule has 0 aromatic heterocycles. The molecule has 15 heavy (non-hydrogen) atoms. The van der Waals surface area contributed by atoms with Gasteiger partial charge in [-0.25, -0.2) is 0 Å². The highest BCUT2D eigenvalue weighted by molar-refractivity contribution is 5.94. The molecule has 0 bridgehead atoms. The highest BCUT2D eigenvalue weighted by Gasteiger charge is 2.10. The maximum atomic E-state index is 11.9. The molecule has 0 aliphatic carbocycles. The number of aryl methyl sites for hydroxylation is 1. The van der Waals surface area contributed by atoms with Crippen molar-refractivity contribution in [3.8, 4) is 0 Å². The van der Waals surface area contributed by atoms with Gasteiger partial charge in [-0.15, -0.1) is 0 Å². The van der Waals surface area contributed by atoms with Gasteiger partial charge < -0.3 is 10.6 Å². The van der Waals surface area contributed by atoms with Gasteiger partial charge in [0, 0.05) is 19.2 Å². The Hall–Kier alpha value is -1.35. The Morgan fingerprint density at radius 1 is 1.47 bits per heavy atom. The molecule has 3 heteroatoms. The fraction of sp³-hybridized carbons (Fsp3) is 0.417. The van der Waals surface area contributed by atoms with Crippen LogP contribution in [-0.2, 0) is 0 Å². The summed E-state index contributed by atoms with van der Waals surface area (Å²) >= 11 is 0. The predicted molar refractivity (Wildman–Crippen MR) is 61.8 cm³/mol. The molecule has 0 atom stereocenters. The van der Waals surface area contributed by atoms with E-state index in [1.165, 1.54) is 0 Å². The van der Waals surface area contributed by atoms with Crippen molar-refractivity contribution in [2.75, 3.05) is 20.1 Å². The Morgan fingerprint density at radius 2 is 2.20 bits per heavy atom. The highest BCUT2D eigenvalue weighted by Crippen LogP contribution is 2.06. The topological polar surface area (TPSA) is 46.3 Å². The van der Waals surface area contributed by atoms with Gasteiger partial charge in [0.1, 0.15) is 0 Å². The van der Waals surface area contributed by atoms with Gasteiger partial charge in [-0.3, -0.25) is 4.79 Å². The number of nitrogens with zero attached hydrogens (tertiary/aromatic N) is 1.